The Morgan fingerprint density at radius 3 is 2.59 bits per heavy atom. The van der Waals surface area contributed by atoms with E-state index in [1.54, 1.807) is 4.90 Å². The topological polar surface area (TPSA) is 93.1 Å². The summed E-state index contributed by atoms with van der Waals surface area (Å²) >= 11 is 0. The van der Waals surface area contributed by atoms with E-state index in [1.807, 2.05) is 0 Å². The van der Waals surface area contributed by atoms with Crippen molar-refractivity contribution >= 4 is 18.2 Å². The number of methoxy groups -OCH3 is 2. The number of aldehydes is 1. The van der Waals surface area contributed by atoms with Gasteiger partial charge in [0.15, 0.2) is 17.8 Å². The Bertz CT molecular complexity index is 606. The molecule has 0 saturated carbocycles. The number of carbonyl (C=O) groups is 3. The number of esters is 1. The first-order chi connectivity index (χ1) is 10.5. The largest absolute Gasteiger partial charge is 0.504 e. The molecule has 1 aliphatic rings. The normalized spacial score (nSPS) is 14.2. The molecule has 1 heterocycles. The highest BCUT2D eigenvalue weighted by atomic mass is 16.5. The molecule has 118 valence electrons. The molecule has 0 spiro atoms. The van der Waals surface area contributed by atoms with E-state index in [-0.39, 0.29) is 46.8 Å². The van der Waals surface area contributed by atoms with Gasteiger partial charge < -0.3 is 19.5 Å². The molecular formula is C15H17NO6. The van der Waals surface area contributed by atoms with Gasteiger partial charge in [-0.2, -0.15) is 0 Å². The Labute approximate surface area is 127 Å². The van der Waals surface area contributed by atoms with E-state index in [2.05, 4.69) is 4.74 Å². The van der Waals surface area contributed by atoms with Crippen molar-refractivity contribution in [3.05, 3.63) is 23.3 Å². The van der Waals surface area contributed by atoms with Crippen LogP contribution in [0.5, 0.6) is 11.5 Å². The summed E-state index contributed by atoms with van der Waals surface area (Å²) in [5, 5.41) is 9.74. The van der Waals surface area contributed by atoms with Crippen molar-refractivity contribution in [2.45, 2.75) is 6.42 Å². The molecule has 1 fully saturated rings. The highest BCUT2D eigenvalue weighted by Gasteiger charge is 2.33. The first-order valence-electron chi connectivity index (χ1n) is 6.72. The van der Waals surface area contributed by atoms with Crippen LogP contribution in [-0.2, 0) is 9.53 Å². The summed E-state index contributed by atoms with van der Waals surface area (Å²) in [6, 6.07) is 2.71. The lowest BCUT2D eigenvalue weighted by Gasteiger charge is -2.38. The Hall–Kier alpha value is -2.57. The van der Waals surface area contributed by atoms with Gasteiger partial charge in [-0.1, -0.05) is 0 Å². The van der Waals surface area contributed by atoms with Gasteiger partial charge in [0.25, 0.3) is 5.91 Å². The number of nitrogens with zero attached hydrogens (tertiary/aromatic N) is 1. The SMILES string of the molecule is COC(=O)CC1CN(C(=O)c2cc(C=O)c(O)c(OC)c2)C1. The number of amides is 1. The molecule has 7 nitrogen and oxygen atoms in total. The van der Waals surface area contributed by atoms with E-state index < -0.39 is 0 Å². The van der Waals surface area contributed by atoms with Gasteiger partial charge in [-0.15, -0.1) is 0 Å². The zero-order valence-corrected chi connectivity index (χ0v) is 12.4. The molecule has 0 aliphatic carbocycles. The first kappa shape index (κ1) is 15.8. The molecule has 1 N–H and O–H groups in total. The molecule has 1 amide bonds. The van der Waals surface area contributed by atoms with Crippen molar-refractivity contribution in [2.75, 3.05) is 27.3 Å². The average molecular weight is 307 g/mol. The van der Waals surface area contributed by atoms with E-state index in [4.69, 9.17) is 4.74 Å². The minimum absolute atomic E-state index is 0.00525. The smallest absolute Gasteiger partial charge is 0.305 e. The number of aromatic hydroxyl groups is 1. The van der Waals surface area contributed by atoms with Crippen molar-refractivity contribution < 1.29 is 29.0 Å². The van der Waals surface area contributed by atoms with Crippen LogP contribution in [0.4, 0.5) is 0 Å². The highest BCUT2D eigenvalue weighted by Crippen LogP contribution is 2.32. The summed E-state index contributed by atoms with van der Waals surface area (Å²) in [7, 11) is 2.67. The van der Waals surface area contributed by atoms with E-state index >= 15 is 0 Å². The van der Waals surface area contributed by atoms with Crippen molar-refractivity contribution in [3.8, 4) is 11.5 Å². The van der Waals surface area contributed by atoms with Gasteiger partial charge in [-0.3, -0.25) is 14.4 Å². The van der Waals surface area contributed by atoms with Crippen molar-refractivity contribution in [1.82, 2.24) is 4.90 Å². The summed E-state index contributed by atoms with van der Waals surface area (Å²) in [5.74, 6) is -0.712. The fourth-order valence-corrected chi connectivity index (χ4v) is 2.36. The molecule has 0 atom stereocenters. The van der Waals surface area contributed by atoms with E-state index in [0.717, 1.165) is 0 Å². The van der Waals surface area contributed by atoms with Crippen LogP contribution in [0, 0.1) is 5.92 Å². The van der Waals surface area contributed by atoms with Gasteiger partial charge in [0.05, 0.1) is 26.2 Å². The number of phenols is 1. The van der Waals surface area contributed by atoms with E-state index in [9.17, 15) is 19.5 Å². The molecule has 0 aromatic heterocycles. The lowest BCUT2D eigenvalue weighted by Crippen LogP contribution is -2.50. The second-order valence-corrected chi connectivity index (χ2v) is 5.09. The maximum absolute atomic E-state index is 12.3. The third kappa shape index (κ3) is 3.03. The molecule has 0 radical (unpaired) electrons. The quantitative estimate of drug-likeness (QED) is 0.640. The van der Waals surface area contributed by atoms with Crippen LogP contribution < -0.4 is 4.74 Å². The van der Waals surface area contributed by atoms with Gasteiger partial charge in [0.1, 0.15) is 0 Å². The molecule has 1 aromatic rings. The zero-order valence-electron chi connectivity index (χ0n) is 12.4. The minimum atomic E-state index is -0.299. The standard InChI is InChI=1S/C15H17NO6/c1-21-12-5-10(4-11(8-17)14(12)19)15(20)16-6-9(7-16)3-13(18)22-2/h4-5,8-9,19H,3,6-7H2,1-2H3. The number of carbonyl (C=O) groups excluding carboxylic acids is 3. The Balaban J connectivity index is 2.08. The Morgan fingerprint density at radius 1 is 1.36 bits per heavy atom. The van der Waals surface area contributed by atoms with Crippen LogP contribution in [0.3, 0.4) is 0 Å². The molecule has 7 heteroatoms. The van der Waals surface area contributed by atoms with Crippen molar-refractivity contribution in [2.24, 2.45) is 5.92 Å². The highest BCUT2D eigenvalue weighted by molar-refractivity contribution is 5.98. The molecule has 1 aliphatic heterocycles. The summed E-state index contributed by atoms with van der Waals surface area (Å²) in [5.41, 5.74) is 0.252. The fraction of sp³-hybridized carbons (Fsp3) is 0.400. The molecule has 1 saturated heterocycles. The third-order valence-electron chi connectivity index (χ3n) is 3.63. The minimum Gasteiger partial charge on any atom is -0.504 e. The average Bonchev–Trinajstić information content (AvgIpc) is 2.49. The number of rotatable bonds is 5. The number of likely N-dealkylation sites (tertiary alicyclic amines) is 1. The molecule has 0 unspecified atom stereocenters. The predicted molar refractivity (Wildman–Crippen MR) is 76.1 cm³/mol. The van der Waals surface area contributed by atoms with Crippen LogP contribution in [0.1, 0.15) is 27.1 Å². The fourth-order valence-electron chi connectivity index (χ4n) is 2.36. The molecular weight excluding hydrogens is 290 g/mol. The van der Waals surface area contributed by atoms with E-state index in [1.165, 1.54) is 26.4 Å². The maximum Gasteiger partial charge on any atom is 0.305 e. The first-order valence-corrected chi connectivity index (χ1v) is 6.72. The van der Waals surface area contributed by atoms with Crippen molar-refractivity contribution in [1.29, 1.82) is 0 Å². The maximum atomic E-state index is 12.3. The van der Waals surface area contributed by atoms with Gasteiger partial charge in [-0.05, 0) is 12.1 Å². The lowest BCUT2D eigenvalue weighted by atomic mass is 9.95. The predicted octanol–water partition coefficient (Wildman–Crippen LogP) is 0.848. The number of ether oxygens (including phenoxy) is 2. The van der Waals surface area contributed by atoms with E-state index in [0.29, 0.717) is 19.4 Å². The summed E-state index contributed by atoms with van der Waals surface area (Å²) in [4.78, 5) is 36.0. The molecule has 0 bridgehead atoms. The van der Waals surface area contributed by atoms with Crippen LogP contribution in [-0.4, -0.2) is 55.5 Å². The van der Waals surface area contributed by atoms with Gasteiger partial charge in [0.2, 0.25) is 0 Å². The van der Waals surface area contributed by atoms with Crippen molar-refractivity contribution in [3.63, 3.8) is 0 Å². The number of phenolic OH excluding ortho intramolecular Hbond substituents is 1. The van der Waals surface area contributed by atoms with Gasteiger partial charge >= 0.3 is 5.97 Å². The van der Waals surface area contributed by atoms with Crippen LogP contribution in [0.2, 0.25) is 0 Å². The number of benzene rings is 1. The van der Waals surface area contributed by atoms with Gasteiger partial charge in [-0.25, -0.2) is 0 Å². The monoisotopic (exact) mass is 307 g/mol. The Morgan fingerprint density at radius 2 is 2.05 bits per heavy atom. The Kier molecular flexibility index (Phi) is 4.65. The number of hydrogen-bond donors (Lipinski definition) is 1. The zero-order chi connectivity index (χ0) is 16.3. The number of hydrogen-bond acceptors (Lipinski definition) is 6. The van der Waals surface area contributed by atoms with Crippen LogP contribution in [0.15, 0.2) is 12.1 Å². The molecule has 1 aromatic carbocycles. The summed E-state index contributed by atoms with van der Waals surface area (Å²) in [6.07, 6.45) is 0.740. The van der Waals surface area contributed by atoms with Crippen LogP contribution >= 0.6 is 0 Å². The second-order valence-electron chi connectivity index (χ2n) is 5.09. The summed E-state index contributed by atoms with van der Waals surface area (Å²) in [6.45, 7) is 0.904. The molecule has 22 heavy (non-hydrogen) atoms. The van der Waals surface area contributed by atoms with Crippen LogP contribution in [0.25, 0.3) is 0 Å². The van der Waals surface area contributed by atoms with Gasteiger partial charge in [0, 0.05) is 24.6 Å². The lowest BCUT2D eigenvalue weighted by molar-refractivity contribution is -0.142. The second kappa shape index (κ2) is 6.46. The molecule has 2 rings (SSSR count). The third-order valence-corrected chi connectivity index (χ3v) is 3.63. The summed E-state index contributed by atoms with van der Waals surface area (Å²) < 4.78 is 9.54.